The standard InChI is InChI=1S/C40H23N5O/c41-22-24-18-27(23-42)38-33(19-24)43-40(26-8-2-1-3-9-26)44-39(38)25-14-16-28(17-15-25)45-34-12-6-4-10-29(34)31-20-32-30-11-5-7-13-36(30)46-37(32)21-35(31)45/h1-21,39H,(H,43,44). The fourth-order valence-electron chi connectivity index (χ4n) is 6.82. The number of benzene rings is 6. The van der Waals surface area contributed by atoms with E-state index in [9.17, 15) is 10.5 Å². The van der Waals surface area contributed by atoms with Gasteiger partial charge in [0.15, 0.2) is 0 Å². The number of fused-ring (bicyclic) bond motifs is 7. The average molecular weight is 590 g/mol. The normalized spacial score (nSPS) is 14.1. The summed E-state index contributed by atoms with van der Waals surface area (Å²) in [5.41, 5.74) is 9.12. The van der Waals surface area contributed by atoms with Gasteiger partial charge in [-0.2, -0.15) is 10.5 Å². The summed E-state index contributed by atoms with van der Waals surface area (Å²) in [4.78, 5) is 5.13. The van der Waals surface area contributed by atoms with Crippen LogP contribution in [0.2, 0.25) is 0 Å². The zero-order valence-corrected chi connectivity index (χ0v) is 24.4. The first-order chi connectivity index (χ1) is 22.7. The second kappa shape index (κ2) is 9.95. The molecule has 3 heterocycles. The molecule has 0 spiro atoms. The van der Waals surface area contributed by atoms with E-state index in [1.807, 2.05) is 48.5 Å². The van der Waals surface area contributed by atoms with Crippen LogP contribution >= 0.6 is 0 Å². The van der Waals surface area contributed by atoms with Gasteiger partial charge < -0.3 is 14.3 Å². The molecule has 1 unspecified atom stereocenters. The lowest BCUT2D eigenvalue weighted by atomic mass is 9.90. The predicted octanol–water partition coefficient (Wildman–Crippen LogP) is 9.39. The lowest BCUT2D eigenvalue weighted by Gasteiger charge is -2.27. The van der Waals surface area contributed by atoms with E-state index in [1.54, 1.807) is 12.1 Å². The highest BCUT2D eigenvalue weighted by Gasteiger charge is 2.28. The Morgan fingerprint density at radius 1 is 0.652 bits per heavy atom. The number of furan rings is 1. The van der Waals surface area contributed by atoms with Crippen molar-refractivity contribution in [3.05, 3.63) is 155 Å². The van der Waals surface area contributed by atoms with E-state index in [4.69, 9.17) is 9.41 Å². The molecule has 0 aliphatic carbocycles. The van der Waals surface area contributed by atoms with Gasteiger partial charge in [0.2, 0.25) is 0 Å². The second-order valence-electron chi connectivity index (χ2n) is 11.5. The van der Waals surface area contributed by atoms with E-state index in [0.717, 1.165) is 66.4 Å². The van der Waals surface area contributed by atoms with Crippen LogP contribution < -0.4 is 5.32 Å². The van der Waals surface area contributed by atoms with Crippen LogP contribution in [0.15, 0.2) is 137 Å². The molecule has 0 fully saturated rings. The first kappa shape index (κ1) is 25.8. The van der Waals surface area contributed by atoms with Gasteiger partial charge in [-0.1, -0.05) is 78.9 Å². The summed E-state index contributed by atoms with van der Waals surface area (Å²) in [5.74, 6) is 0.693. The zero-order chi connectivity index (χ0) is 30.8. The van der Waals surface area contributed by atoms with E-state index in [2.05, 4.69) is 88.8 Å². The molecule has 0 radical (unpaired) electrons. The number of nitriles is 2. The Labute approximate surface area is 263 Å². The third-order valence-corrected chi connectivity index (χ3v) is 8.90. The van der Waals surface area contributed by atoms with Crippen molar-refractivity contribution in [1.29, 1.82) is 10.5 Å². The van der Waals surface area contributed by atoms with Crippen LogP contribution in [0.1, 0.15) is 33.9 Å². The summed E-state index contributed by atoms with van der Waals surface area (Å²) >= 11 is 0. The van der Waals surface area contributed by atoms with Gasteiger partial charge in [-0.25, -0.2) is 0 Å². The Hall–Kier alpha value is -6.63. The number of hydrogen-bond donors (Lipinski definition) is 1. The molecule has 8 aromatic rings. The monoisotopic (exact) mass is 589 g/mol. The third kappa shape index (κ3) is 3.85. The molecule has 6 heteroatoms. The molecule has 1 aliphatic heterocycles. The van der Waals surface area contributed by atoms with Crippen LogP contribution in [0.25, 0.3) is 49.4 Å². The molecule has 0 amide bonds. The van der Waals surface area contributed by atoms with E-state index in [1.165, 1.54) is 5.39 Å². The molecule has 0 bridgehead atoms. The maximum atomic E-state index is 10.1. The van der Waals surface area contributed by atoms with Crippen molar-refractivity contribution in [1.82, 2.24) is 4.57 Å². The molecule has 2 aromatic heterocycles. The molecule has 1 aliphatic rings. The Morgan fingerprint density at radius 3 is 2.22 bits per heavy atom. The first-order valence-electron chi connectivity index (χ1n) is 15.0. The Morgan fingerprint density at radius 2 is 1.41 bits per heavy atom. The first-order valence-corrected chi connectivity index (χ1v) is 15.0. The van der Waals surface area contributed by atoms with Crippen molar-refractivity contribution in [3.8, 4) is 17.8 Å². The summed E-state index contributed by atoms with van der Waals surface area (Å²) in [5, 5.41) is 27.7. The lowest BCUT2D eigenvalue weighted by Crippen LogP contribution is -2.23. The topological polar surface area (TPSA) is 90.0 Å². The van der Waals surface area contributed by atoms with Crippen molar-refractivity contribution in [3.63, 3.8) is 0 Å². The van der Waals surface area contributed by atoms with Gasteiger partial charge in [0.1, 0.15) is 23.0 Å². The molecular weight excluding hydrogens is 566 g/mol. The minimum atomic E-state index is -0.434. The number of rotatable bonds is 3. The minimum Gasteiger partial charge on any atom is -0.456 e. The number of aliphatic imine (C=N–C) groups is 1. The molecule has 0 saturated heterocycles. The van der Waals surface area contributed by atoms with Gasteiger partial charge in [0, 0.05) is 50.1 Å². The SMILES string of the molecule is N#Cc1cc(C#N)c2c(c1)NC(c1ccccc1)=NC2c1ccc(-n2c3ccccc3c3cc4c(cc32)oc2ccccc24)cc1. The van der Waals surface area contributed by atoms with E-state index in [0.29, 0.717) is 17.0 Å². The maximum absolute atomic E-state index is 10.1. The average Bonchev–Trinajstić information content (AvgIpc) is 3.64. The smallest absolute Gasteiger partial charge is 0.137 e. The predicted molar refractivity (Wildman–Crippen MR) is 182 cm³/mol. The van der Waals surface area contributed by atoms with Crippen molar-refractivity contribution in [2.24, 2.45) is 4.99 Å². The molecule has 1 atom stereocenters. The highest BCUT2D eigenvalue weighted by Crippen LogP contribution is 2.41. The van der Waals surface area contributed by atoms with E-state index in [-0.39, 0.29) is 0 Å². The molecule has 46 heavy (non-hydrogen) atoms. The van der Waals surface area contributed by atoms with Gasteiger partial charge in [-0.05, 0) is 48.0 Å². The minimum absolute atomic E-state index is 0.427. The molecule has 1 N–H and O–H groups in total. The van der Waals surface area contributed by atoms with Crippen molar-refractivity contribution in [2.45, 2.75) is 6.04 Å². The molecule has 6 aromatic carbocycles. The number of amidine groups is 1. The van der Waals surface area contributed by atoms with Crippen LogP contribution in [0.5, 0.6) is 0 Å². The Balaban J connectivity index is 1.22. The number of aromatic nitrogens is 1. The molecular formula is C40H23N5O. The quantitative estimate of drug-likeness (QED) is 0.222. The molecule has 0 saturated carbocycles. The largest absolute Gasteiger partial charge is 0.456 e. The molecule has 214 valence electrons. The zero-order valence-electron chi connectivity index (χ0n) is 24.4. The fourth-order valence-corrected chi connectivity index (χ4v) is 6.82. The fraction of sp³-hybridized carbons (Fsp3) is 0.0250. The van der Waals surface area contributed by atoms with Gasteiger partial charge in [0.25, 0.3) is 0 Å². The summed E-state index contributed by atoms with van der Waals surface area (Å²) in [6.45, 7) is 0. The summed E-state index contributed by atoms with van der Waals surface area (Å²) < 4.78 is 8.56. The lowest BCUT2D eigenvalue weighted by molar-refractivity contribution is 0.669. The highest BCUT2D eigenvalue weighted by atomic mass is 16.3. The number of hydrogen-bond acceptors (Lipinski definition) is 5. The molecule has 9 rings (SSSR count). The van der Waals surface area contributed by atoms with Crippen LogP contribution in [0.4, 0.5) is 5.69 Å². The maximum Gasteiger partial charge on any atom is 0.137 e. The van der Waals surface area contributed by atoms with Crippen LogP contribution in [-0.2, 0) is 0 Å². The van der Waals surface area contributed by atoms with Gasteiger partial charge >= 0.3 is 0 Å². The van der Waals surface area contributed by atoms with Crippen molar-refractivity contribution < 1.29 is 4.42 Å². The Bertz CT molecular complexity index is 2630. The number of anilines is 1. The Kier molecular flexibility index (Phi) is 5.59. The summed E-state index contributed by atoms with van der Waals surface area (Å²) in [7, 11) is 0. The van der Waals surface area contributed by atoms with Gasteiger partial charge in [0.05, 0.1) is 34.3 Å². The van der Waals surface area contributed by atoms with E-state index < -0.39 is 6.04 Å². The van der Waals surface area contributed by atoms with Crippen LogP contribution in [0, 0.1) is 22.7 Å². The van der Waals surface area contributed by atoms with Crippen LogP contribution in [0.3, 0.4) is 0 Å². The van der Waals surface area contributed by atoms with Crippen molar-refractivity contribution in [2.75, 3.05) is 5.32 Å². The van der Waals surface area contributed by atoms with Gasteiger partial charge in [-0.3, -0.25) is 4.99 Å². The second-order valence-corrected chi connectivity index (χ2v) is 11.5. The van der Waals surface area contributed by atoms with Crippen molar-refractivity contribution >= 4 is 55.3 Å². The summed E-state index contributed by atoms with van der Waals surface area (Å²) in [6.07, 6.45) is 0. The number of para-hydroxylation sites is 2. The third-order valence-electron chi connectivity index (χ3n) is 8.90. The molecule has 6 nitrogen and oxygen atoms in total. The highest BCUT2D eigenvalue weighted by molar-refractivity contribution is 6.17. The number of nitrogens with zero attached hydrogens (tertiary/aromatic N) is 4. The summed E-state index contributed by atoms with van der Waals surface area (Å²) in [6, 6.07) is 46.8. The number of nitrogens with one attached hydrogen (secondary N) is 1. The van der Waals surface area contributed by atoms with Gasteiger partial charge in [-0.15, -0.1) is 0 Å². The van der Waals surface area contributed by atoms with E-state index >= 15 is 0 Å². The van der Waals surface area contributed by atoms with Crippen LogP contribution in [-0.4, -0.2) is 10.4 Å².